The average Bonchev–Trinajstić information content (AvgIpc) is 2.89. The van der Waals surface area contributed by atoms with Crippen LogP contribution in [0.3, 0.4) is 0 Å². The second kappa shape index (κ2) is 5.46. The summed E-state index contributed by atoms with van der Waals surface area (Å²) in [6.07, 6.45) is -0.980. The van der Waals surface area contributed by atoms with Gasteiger partial charge in [-0.05, 0) is 43.2 Å². The van der Waals surface area contributed by atoms with Crippen LogP contribution in [0.15, 0.2) is 22.6 Å². The molecule has 1 atom stereocenters. The molecule has 1 fully saturated rings. The molecule has 0 unspecified atom stereocenters. The smallest absolute Gasteiger partial charge is 0.334 e. The summed E-state index contributed by atoms with van der Waals surface area (Å²) < 4.78 is 10.8. The fraction of sp³-hybridized carbons (Fsp3) is 0.375. The highest BCUT2D eigenvalue weighted by Gasteiger charge is 2.30. The zero-order chi connectivity index (χ0) is 15.9. The summed E-state index contributed by atoms with van der Waals surface area (Å²) in [5.41, 5.74) is 2.89. The number of hydrogen-bond donors (Lipinski definition) is 1. The summed E-state index contributed by atoms with van der Waals surface area (Å²) in [4.78, 5) is 24.9. The fourth-order valence-corrected chi connectivity index (χ4v) is 2.55. The molecule has 0 aliphatic carbocycles. The van der Waals surface area contributed by atoms with Gasteiger partial charge < -0.3 is 19.2 Å². The Balaban J connectivity index is 1.87. The number of rotatable bonds is 2. The van der Waals surface area contributed by atoms with Gasteiger partial charge in [0.2, 0.25) is 0 Å². The molecule has 1 aromatic heterocycles. The molecule has 6 nitrogen and oxygen atoms in total. The maximum atomic E-state index is 12.5. The molecule has 0 spiro atoms. The highest BCUT2D eigenvalue weighted by atomic mass is 16.5. The maximum Gasteiger partial charge on any atom is 0.334 e. The largest absolute Gasteiger partial charge is 0.479 e. The standard InChI is InChI=1S/C16H17NO5/c1-9-5-11-7-13(22-12(11)6-10(9)2)15(18)17-3-4-21-14(8-17)16(19)20/h5-7,14H,3-4,8H2,1-2H3,(H,19,20)/t14-/m0/s1. The van der Waals surface area contributed by atoms with Crippen molar-refractivity contribution in [3.63, 3.8) is 0 Å². The molecule has 0 radical (unpaired) electrons. The van der Waals surface area contributed by atoms with Gasteiger partial charge in [-0.25, -0.2) is 4.79 Å². The minimum absolute atomic E-state index is 0.0310. The SMILES string of the molecule is Cc1cc2cc(C(=O)N3CCO[C@H](C(=O)O)C3)oc2cc1C. The highest BCUT2D eigenvalue weighted by Crippen LogP contribution is 2.24. The topological polar surface area (TPSA) is 80.0 Å². The number of nitrogens with zero attached hydrogens (tertiary/aromatic N) is 1. The summed E-state index contributed by atoms with van der Waals surface area (Å²) in [6, 6.07) is 5.58. The molecule has 1 aromatic carbocycles. The number of benzene rings is 1. The molecule has 116 valence electrons. The summed E-state index contributed by atoms with van der Waals surface area (Å²) in [6.45, 7) is 4.59. The van der Waals surface area contributed by atoms with E-state index >= 15 is 0 Å². The molecule has 1 amide bonds. The van der Waals surface area contributed by atoms with Gasteiger partial charge in [-0.2, -0.15) is 0 Å². The predicted octanol–water partition coefficient (Wildman–Crippen LogP) is 1.98. The van der Waals surface area contributed by atoms with Crippen LogP contribution in [0, 0.1) is 13.8 Å². The van der Waals surface area contributed by atoms with Crippen molar-refractivity contribution in [1.29, 1.82) is 0 Å². The molecule has 6 heteroatoms. The van der Waals surface area contributed by atoms with Gasteiger partial charge in [-0.1, -0.05) is 0 Å². The third-order valence-corrected chi connectivity index (χ3v) is 3.97. The van der Waals surface area contributed by atoms with E-state index < -0.39 is 12.1 Å². The van der Waals surface area contributed by atoms with Gasteiger partial charge in [-0.3, -0.25) is 4.79 Å². The van der Waals surface area contributed by atoms with Crippen molar-refractivity contribution in [2.45, 2.75) is 20.0 Å². The zero-order valence-electron chi connectivity index (χ0n) is 12.5. The van der Waals surface area contributed by atoms with E-state index in [0.717, 1.165) is 16.5 Å². The Morgan fingerprint density at radius 3 is 2.68 bits per heavy atom. The molecule has 1 aliphatic heterocycles. The summed E-state index contributed by atoms with van der Waals surface area (Å²) in [5, 5.41) is 9.87. The Kier molecular flexibility index (Phi) is 3.62. The van der Waals surface area contributed by atoms with E-state index in [0.29, 0.717) is 12.1 Å². The van der Waals surface area contributed by atoms with Gasteiger partial charge in [-0.15, -0.1) is 0 Å². The van der Waals surface area contributed by atoms with E-state index in [4.69, 9.17) is 14.3 Å². The monoisotopic (exact) mass is 303 g/mol. The molecule has 3 rings (SSSR count). The van der Waals surface area contributed by atoms with Crippen molar-refractivity contribution in [2.75, 3.05) is 19.7 Å². The lowest BCUT2D eigenvalue weighted by Crippen LogP contribution is -2.48. The minimum atomic E-state index is -1.06. The number of carbonyl (C=O) groups excluding carboxylic acids is 1. The number of furan rings is 1. The number of carbonyl (C=O) groups is 2. The molecule has 2 heterocycles. The molecule has 1 saturated heterocycles. The van der Waals surface area contributed by atoms with Crippen LogP contribution < -0.4 is 0 Å². The Labute approximate surface area is 127 Å². The van der Waals surface area contributed by atoms with Crippen LogP contribution in [-0.2, 0) is 9.53 Å². The zero-order valence-corrected chi connectivity index (χ0v) is 12.5. The second-order valence-corrected chi connectivity index (χ2v) is 5.53. The van der Waals surface area contributed by atoms with Crippen LogP contribution in [0.25, 0.3) is 11.0 Å². The number of morpholine rings is 1. The van der Waals surface area contributed by atoms with Gasteiger partial charge in [0.15, 0.2) is 11.9 Å². The average molecular weight is 303 g/mol. The first-order valence-corrected chi connectivity index (χ1v) is 7.10. The van der Waals surface area contributed by atoms with Crippen LogP contribution in [0.1, 0.15) is 21.7 Å². The van der Waals surface area contributed by atoms with Crippen molar-refractivity contribution in [2.24, 2.45) is 0 Å². The van der Waals surface area contributed by atoms with Gasteiger partial charge in [0.25, 0.3) is 5.91 Å². The lowest BCUT2D eigenvalue weighted by atomic mass is 10.1. The number of carboxylic acids is 1. The Hall–Kier alpha value is -2.34. The predicted molar refractivity (Wildman–Crippen MR) is 79.0 cm³/mol. The number of amides is 1. The Morgan fingerprint density at radius 2 is 1.95 bits per heavy atom. The van der Waals surface area contributed by atoms with Crippen LogP contribution in [0.5, 0.6) is 0 Å². The summed E-state index contributed by atoms with van der Waals surface area (Å²) >= 11 is 0. The molecule has 1 N–H and O–H groups in total. The van der Waals surface area contributed by atoms with Crippen molar-refractivity contribution in [3.8, 4) is 0 Å². The van der Waals surface area contributed by atoms with E-state index in [1.807, 2.05) is 26.0 Å². The molecular formula is C16H17NO5. The highest BCUT2D eigenvalue weighted by molar-refractivity contribution is 5.96. The fourth-order valence-electron chi connectivity index (χ4n) is 2.55. The number of ether oxygens (including phenoxy) is 1. The number of fused-ring (bicyclic) bond motifs is 1. The van der Waals surface area contributed by atoms with Crippen LogP contribution in [-0.4, -0.2) is 47.7 Å². The molecule has 1 aliphatic rings. The third-order valence-electron chi connectivity index (χ3n) is 3.97. The number of hydrogen-bond acceptors (Lipinski definition) is 4. The maximum absolute atomic E-state index is 12.5. The molecule has 2 aromatic rings. The lowest BCUT2D eigenvalue weighted by molar-refractivity contribution is -0.154. The van der Waals surface area contributed by atoms with Crippen LogP contribution in [0.4, 0.5) is 0 Å². The normalized spacial score (nSPS) is 18.6. The number of carboxylic acid groups (broad SMARTS) is 1. The first-order valence-electron chi connectivity index (χ1n) is 7.10. The summed E-state index contributed by atoms with van der Waals surface area (Å²) in [5.74, 6) is -1.14. The van der Waals surface area contributed by atoms with E-state index in [9.17, 15) is 9.59 Å². The van der Waals surface area contributed by atoms with Gasteiger partial charge in [0, 0.05) is 11.9 Å². The van der Waals surface area contributed by atoms with Crippen LogP contribution >= 0.6 is 0 Å². The first-order chi connectivity index (χ1) is 10.5. The molecule has 22 heavy (non-hydrogen) atoms. The van der Waals surface area contributed by atoms with E-state index in [-0.39, 0.29) is 24.8 Å². The van der Waals surface area contributed by atoms with Crippen molar-refractivity contribution < 1.29 is 23.8 Å². The second-order valence-electron chi connectivity index (χ2n) is 5.53. The van der Waals surface area contributed by atoms with Crippen molar-refractivity contribution >= 4 is 22.8 Å². The molecule has 0 saturated carbocycles. The van der Waals surface area contributed by atoms with Crippen molar-refractivity contribution in [1.82, 2.24) is 4.90 Å². The minimum Gasteiger partial charge on any atom is -0.479 e. The summed E-state index contributed by atoms with van der Waals surface area (Å²) in [7, 11) is 0. The third kappa shape index (κ3) is 2.57. The van der Waals surface area contributed by atoms with E-state index in [1.165, 1.54) is 4.90 Å². The van der Waals surface area contributed by atoms with Gasteiger partial charge in [0.05, 0.1) is 13.2 Å². The van der Waals surface area contributed by atoms with Gasteiger partial charge in [0.1, 0.15) is 5.58 Å². The van der Waals surface area contributed by atoms with Crippen molar-refractivity contribution in [3.05, 3.63) is 35.1 Å². The Morgan fingerprint density at radius 1 is 1.23 bits per heavy atom. The number of aliphatic carboxylic acids is 1. The van der Waals surface area contributed by atoms with E-state index in [2.05, 4.69) is 0 Å². The lowest BCUT2D eigenvalue weighted by Gasteiger charge is -2.30. The Bertz CT molecular complexity index is 709. The van der Waals surface area contributed by atoms with Crippen LogP contribution in [0.2, 0.25) is 0 Å². The van der Waals surface area contributed by atoms with E-state index in [1.54, 1.807) is 6.07 Å². The molecule has 0 bridgehead atoms. The first kappa shape index (κ1) is 14.6. The number of aryl methyl sites for hydroxylation is 2. The van der Waals surface area contributed by atoms with Gasteiger partial charge >= 0.3 is 5.97 Å². The molecular weight excluding hydrogens is 286 g/mol. The quantitative estimate of drug-likeness (QED) is 0.917.